The summed E-state index contributed by atoms with van der Waals surface area (Å²) in [5.74, 6) is 0.431. The lowest BCUT2D eigenvalue weighted by Gasteiger charge is -2.22. The van der Waals surface area contributed by atoms with Crippen LogP contribution in [0.5, 0.6) is 0 Å². The lowest BCUT2D eigenvalue weighted by atomic mass is 10.0. The molecule has 1 amide bonds. The molecule has 0 aromatic rings. The summed E-state index contributed by atoms with van der Waals surface area (Å²) < 4.78 is 5.24. The molecule has 0 spiro atoms. The van der Waals surface area contributed by atoms with Crippen molar-refractivity contribution in [3.8, 4) is 0 Å². The van der Waals surface area contributed by atoms with E-state index in [1.54, 1.807) is 6.08 Å². The number of allylic oxidation sites excluding steroid dienone is 2. The van der Waals surface area contributed by atoms with Crippen molar-refractivity contribution < 1.29 is 9.53 Å². The summed E-state index contributed by atoms with van der Waals surface area (Å²) in [4.78, 5) is 15.3. The van der Waals surface area contributed by atoms with Crippen molar-refractivity contribution in [3.63, 3.8) is 0 Å². The Morgan fingerprint density at radius 3 is 2.50 bits per heavy atom. The van der Waals surface area contributed by atoms with Crippen LogP contribution < -0.4 is 5.32 Å². The number of carbonyl (C=O) groups is 1. The molecule has 1 rings (SSSR count). The maximum Gasteiger partial charge on any atom is 0.262 e. The van der Waals surface area contributed by atoms with Gasteiger partial charge in [0, 0.05) is 6.20 Å². The van der Waals surface area contributed by atoms with Crippen molar-refractivity contribution in [1.29, 1.82) is 0 Å². The van der Waals surface area contributed by atoms with Gasteiger partial charge in [-0.25, -0.2) is 4.99 Å². The zero-order valence-electron chi connectivity index (χ0n) is 11.6. The molecule has 1 saturated heterocycles. The third-order valence-corrected chi connectivity index (χ3v) is 2.16. The van der Waals surface area contributed by atoms with E-state index in [2.05, 4.69) is 23.5 Å². The molecule has 0 radical (unpaired) electrons. The Hall–Kier alpha value is -1.84. The maximum atomic E-state index is 11.3. The molecular formula is C14H22N2O2. The van der Waals surface area contributed by atoms with E-state index in [0.717, 1.165) is 5.57 Å². The smallest absolute Gasteiger partial charge is 0.262 e. The van der Waals surface area contributed by atoms with Crippen LogP contribution in [0.25, 0.3) is 0 Å². The first-order valence-electron chi connectivity index (χ1n) is 6.08. The minimum Gasteiger partial charge on any atom is -0.466 e. The van der Waals surface area contributed by atoms with E-state index < -0.39 is 0 Å². The standard InChI is InChI=1S/C12H16N2O2.C2H6/c1-5-9(8(3)4)11-12(13-6-2)16-7-10(15)14-11;1-2/h5-6,8H,1-2,7H2,3-4H3,(H,14,15);1-2H3/b11-9-,13-12?;. The van der Waals surface area contributed by atoms with Gasteiger partial charge in [0.05, 0.1) is 0 Å². The van der Waals surface area contributed by atoms with Crippen LogP contribution in [0.15, 0.2) is 41.7 Å². The fraction of sp³-hybridized carbons (Fsp3) is 0.429. The van der Waals surface area contributed by atoms with E-state index in [1.807, 2.05) is 27.7 Å². The van der Waals surface area contributed by atoms with E-state index >= 15 is 0 Å². The maximum absolute atomic E-state index is 11.3. The molecule has 0 aliphatic carbocycles. The van der Waals surface area contributed by atoms with Crippen molar-refractivity contribution in [3.05, 3.63) is 36.7 Å². The van der Waals surface area contributed by atoms with E-state index in [1.165, 1.54) is 6.20 Å². The Bertz CT molecular complexity index is 379. The highest BCUT2D eigenvalue weighted by Crippen LogP contribution is 2.18. The molecule has 0 unspecified atom stereocenters. The number of morpholine rings is 1. The van der Waals surface area contributed by atoms with Crippen LogP contribution >= 0.6 is 0 Å². The molecule has 1 fully saturated rings. The number of amides is 1. The molecule has 100 valence electrons. The summed E-state index contributed by atoms with van der Waals surface area (Å²) in [5, 5.41) is 2.75. The van der Waals surface area contributed by atoms with E-state index in [-0.39, 0.29) is 18.4 Å². The van der Waals surface area contributed by atoms with Gasteiger partial charge in [0.15, 0.2) is 6.61 Å². The van der Waals surface area contributed by atoms with Crippen LogP contribution in [0, 0.1) is 5.92 Å². The van der Waals surface area contributed by atoms with Gasteiger partial charge in [0.2, 0.25) is 5.90 Å². The SMILES string of the molecule is C=CN=C1OCC(=O)N/C1=C(/C=C)C(C)C.CC. The third-order valence-electron chi connectivity index (χ3n) is 2.16. The van der Waals surface area contributed by atoms with Gasteiger partial charge in [-0.15, -0.1) is 0 Å². The molecule has 1 N–H and O–H groups in total. The van der Waals surface area contributed by atoms with Crippen molar-refractivity contribution in [1.82, 2.24) is 5.32 Å². The summed E-state index contributed by atoms with van der Waals surface area (Å²) in [6.07, 6.45) is 3.08. The van der Waals surface area contributed by atoms with Gasteiger partial charge in [-0.3, -0.25) is 4.79 Å². The van der Waals surface area contributed by atoms with Crippen LogP contribution in [-0.4, -0.2) is 18.4 Å². The van der Waals surface area contributed by atoms with E-state index in [0.29, 0.717) is 11.6 Å². The molecule has 1 aliphatic heterocycles. The average Bonchev–Trinajstić information content (AvgIpc) is 2.35. The van der Waals surface area contributed by atoms with Crippen LogP contribution in [0.2, 0.25) is 0 Å². The van der Waals surface area contributed by atoms with Crippen LogP contribution in [0.3, 0.4) is 0 Å². The minimum atomic E-state index is -0.182. The molecule has 0 atom stereocenters. The normalized spacial score (nSPS) is 19.4. The first-order valence-corrected chi connectivity index (χ1v) is 6.08. The molecule has 1 aliphatic rings. The predicted molar refractivity (Wildman–Crippen MR) is 75.1 cm³/mol. The summed E-state index contributed by atoms with van der Waals surface area (Å²) in [6, 6.07) is 0. The van der Waals surface area contributed by atoms with Gasteiger partial charge in [-0.05, 0) is 11.5 Å². The molecular weight excluding hydrogens is 228 g/mol. The molecule has 4 heteroatoms. The number of nitrogens with zero attached hydrogens (tertiary/aromatic N) is 1. The second-order valence-corrected chi connectivity index (χ2v) is 3.64. The van der Waals surface area contributed by atoms with Crippen molar-refractivity contribution >= 4 is 11.8 Å². The van der Waals surface area contributed by atoms with Crippen LogP contribution in [-0.2, 0) is 9.53 Å². The summed E-state index contributed by atoms with van der Waals surface area (Å²) in [5.41, 5.74) is 1.48. The highest BCUT2D eigenvalue weighted by molar-refractivity contribution is 6.02. The Morgan fingerprint density at radius 1 is 1.44 bits per heavy atom. The Labute approximate surface area is 109 Å². The topological polar surface area (TPSA) is 50.7 Å². The Balaban J connectivity index is 0.00000137. The number of rotatable bonds is 3. The molecule has 18 heavy (non-hydrogen) atoms. The predicted octanol–water partition coefficient (Wildman–Crippen LogP) is 2.80. The fourth-order valence-electron chi connectivity index (χ4n) is 1.44. The van der Waals surface area contributed by atoms with Crippen molar-refractivity contribution in [2.45, 2.75) is 27.7 Å². The number of carbonyl (C=O) groups excluding carboxylic acids is 1. The van der Waals surface area contributed by atoms with E-state index in [9.17, 15) is 4.79 Å². The highest BCUT2D eigenvalue weighted by atomic mass is 16.5. The van der Waals surface area contributed by atoms with E-state index in [4.69, 9.17) is 4.74 Å². The Kier molecular flexibility index (Phi) is 7.43. The van der Waals surface area contributed by atoms with Gasteiger partial charge >= 0.3 is 0 Å². The van der Waals surface area contributed by atoms with Gasteiger partial charge < -0.3 is 10.1 Å². The molecule has 0 saturated carbocycles. The van der Waals surface area contributed by atoms with Gasteiger partial charge in [-0.2, -0.15) is 0 Å². The fourth-order valence-corrected chi connectivity index (χ4v) is 1.44. The quantitative estimate of drug-likeness (QED) is 0.837. The van der Waals surface area contributed by atoms with Gasteiger partial charge in [0.25, 0.3) is 5.91 Å². The highest BCUT2D eigenvalue weighted by Gasteiger charge is 2.23. The number of hydrogen-bond donors (Lipinski definition) is 1. The molecule has 0 bridgehead atoms. The summed E-state index contributed by atoms with van der Waals surface area (Å²) in [6.45, 7) is 15.2. The van der Waals surface area contributed by atoms with Crippen LogP contribution in [0.4, 0.5) is 0 Å². The monoisotopic (exact) mass is 250 g/mol. The van der Waals surface area contributed by atoms with Crippen molar-refractivity contribution in [2.75, 3.05) is 6.61 Å². The molecule has 4 nitrogen and oxygen atoms in total. The molecule has 0 aromatic heterocycles. The number of aliphatic imine (C=N–C) groups is 1. The zero-order valence-corrected chi connectivity index (χ0v) is 11.6. The second kappa shape index (κ2) is 8.28. The lowest BCUT2D eigenvalue weighted by Crippen LogP contribution is -2.39. The number of nitrogens with one attached hydrogen (secondary N) is 1. The first-order chi connectivity index (χ1) is 8.60. The summed E-state index contributed by atoms with van der Waals surface area (Å²) >= 11 is 0. The molecule has 1 heterocycles. The van der Waals surface area contributed by atoms with Gasteiger partial charge in [0.1, 0.15) is 5.70 Å². The zero-order chi connectivity index (χ0) is 14.1. The van der Waals surface area contributed by atoms with Crippen LogP contribution in [0.1, 0.15) is 27.7 Å². The minimum absolute atomic E-state index is 0.0152. The second-order valence-electron chi connectivity index (χ2n) is 3.64. The largest absolute Gasteiger partial charge is 0.466 e. The molecule has 0 aromatic carbocycles. The number of hydrogen-bond acceptors (Lipinski definition) is 3. The Morgan fingerprint density at radius 2 is 2.06 bits per heavy atom. The van der Waals surface area contributed by atoms with Gasteiger partial charge in [-0.1, -0.05) is 46.9 Å². The first kappa shape index (κ1) is 16.2. The lowest BCUT2D eigenvalue weighted by molar-refractivity contribution is -0.123. The average molecular weight is 250 g/mol. The third kappa shape index (κ3) is 4.20. The van der Waals surface area contributed by atoms with Crippen molar-refractivity contribution in [2.24, 2.45) is 10.9 Å². The number of ether oxygens (including phenoxy) is 1. The summed E-state index contributed by atoms with van der Waals surface area (Å²) in [7, 11) is 0.